The summed E-state index contributed by atoms with van der Waals surface area (Å²) >= 11 is 4.22. The molecule has 2 heterocycles. The first-order valence-electron chi connectivity index (χ1n) is 5.00. The predicted molar refractivity (Wildman–Crippen MR) is 68.5 cm³/mol. The summed E-state index contributed by atoms with van der Waals surface area (Å²) in [5, 5.41) is 2.10. The molecule has 1 aliphatic heterocycles. The van der Waals surface area contributed by atoms with Crippen molar-refractivity contribution in [1.29, 1.82) is 0 Å². The van der Waals surface area contributed by atoms with Crippen LogP contribution in [0.4, 0.5) is 0 Å². The highest BCUT2D eigenvalue weighted by molar-refractivity contribution is 9.11. The molecule has 6 nitrogen and oxygen atoms in total. The number of imide groups is 1. The van der Waals surface area contributed by atoms with Crippen LogP contribution in [-0.2, 0) is 19.6 Å². The maximum atomic E-state index is 12.0. The van der Waals surface area contributed by atoms with Gasteiger partial charge >= 0.3 is 0 Å². The van der Waals surface area contributed by atoms with Crippen LogP contribution in [0.25, 0.3) is 0 Å². The Balaban J connectivity index is 2.14. The molecule has 1 fully saturated rings. The summed E-state index contributed by atoms with van der Waals surface area (Å²) in [6.45, 7) is 0. The van der Waals surface area contributed by atoms with Crippen molar-refractivity contribution in [2.24, 2.45) is 0 Å². The number of nitrogens with one attached hydrogen (secondary N) is 2. The number of rotatable bonds is 3. The minimum atomic E-state index is -3.72. The normalized spacial score (nSPS) is 20.8. The van der Waals surface area contributed by atoms with E-state index >= 15 is 0 Å². The molecule has 0 bridgehead atoms. The van der Waals surface area contributed by atoms with Gasteiger partial charge in [0.2, 0.25) is 11.8 Å². The van der Waals surface area contributed by atoms with E-state index in [0.717, 1.165) is 11.3 Å². The van der Waals surface area contributed by atoms with Crippen LogP contribution in [-0.4, -0.2) is 26.3 Å². The second-order valence-electron chi connectivity index (χ2n) is 3.68. The Morgan fingerprint density at radius 3 is 2.67 bits per heavy atom. The molecule has 2 rings (SSSR count). The maximum absolute atomic E-state index is 12.0. The van der Waals surface area contributed by atoms with Gasteiger partial charge in [-0.2, -0.15) is 4.72 Å². The number of carbonyl (C=O) groups excluding carboxylic acids is 2. The monoisotopic (exact) mass is 352 g/mol. The van der Waals surface area contributed by atoms with Gasteiger partial charge in [-0.1, -0.05) is 0 Å². The van der Waals surface area contributed by atoms with Crippen LogP contribution in [0.3, 0.4) is 0 Å². The zero-order valence-corrected chi connectivity index (χ0v) is 12.2. The molecule has 1 aromatic rings. The average molecular weight is 353 g/mol. The van der Waals surface area contributed by atoms with Gasteiger partial charge in [0.1, 0.15) is 10.3 Å². The van der Waals surface area contributed by atoms with Crippen molar-refractivity contribution in [2.75, 3.05) is 0 Å². The summed E-state index contributed by atoms with van der Waals surface area (Å²) < 4.78 is 27.0. The highest BCUT2D eigenvalue weighted by Crippen LogP contribution is 2.26. The summed E-state index contributed by atoms with van der Waals surface area (Å²) in [5.41, 5.74) is 0. The van der Waals surface area contributed by atoms with E-state index in [1.807, 2.05) is 0 Å². The summed E-state index contributed by atoms with van der Waals surface area (Å²) in [6.07, 6.45) is 0.309. The summed E-state index contributed by atoms with van der Waals surface area (Å²) in [7, 11) is -3.72. The van der Waals surface area contributed by atoms with Crippen LogP contribution in [0.1, 0.15) is 12.8 Å². The fourth-order valence-electron chi connectivity index (χ4n) is 1.49. The third-order valence-corrected chi connectivity index (χ3v) is 5.94. The lowest BCUT2D eigenvalue weighted by molar-refractivity contribution is -0.134. The van der Waals surface area contributed by atoms with Gasteiger partial charge in [0.05, 0.1) is 3.79 Å². The summed E-state index contributed by atoms with van der Waals surface area (Å²) in [4.78, 5) is 22.4. The van der Waals surface area contributed by atoms with Gasteiger partial charge in [-0.25, -0.2) is 8.42 Å². The third-order valence-electron chi connectivity index (χ3n) is 2.35. The number of thiophene rings is 1. The molecule has 0 saturated carbocycles. The van der Waals surface area contributed by atoms with Gasteiger partial charge in [-0.15, -0.1) is 11.3 Å². The van der Waals surface area contributed by atoms with E-state index in [1.165, 1.54) is 6.07 Å². The molecule has 2 amide bonds. The molecule has 18 heavy (non-hydrogen) atoms. The van der Waals surface area contributed by atoms with Crippen LogP contribution in [0, 0.1) is 0 Å². The molecular formula is C9H9BrN2O4S2. The smallest absolute Gasteiger partial charge is 0.250 e. The second-order valence-corrected chi connectivity index (χ2v) is 8.09. The quantitative estimate of drug-likeness (QED) is 0.779. The van der Waals surface area contributed by atoms with Gasteiger partial charge < -0.3 is 0 Å². The number of hydrogen-bond donors (Lipinski definition) is 2. The highest BCUT2D eigenvalue weighted by Gasteiger charge is 2.31. The number of halogens is 1. The predicted octanol–water partition coefficient (Wildman–Crippen LogP) is 0.594. The van der Waals surface area contributed by atoms with Crippen molar-refractivity contribution in [3.63, 3.8) is 0 Å². The highest BCUT2D eigenvalue weighted by atomic mass is 79.9. The number of amides is 2. The van der Waals surface area contributed by atoms with Crippen LogP contribution in [0.2, 0.25) is 0 Å². The first-order chi connectivity index (χ1) is 8.38. The van der Waals surface area contributed by atoms with Crippen molar-refractivity contribution >= 4 is 49.1 Å². The first kappa shape index (κ1) is 13.7. The van der Waals surface area contributed by atoms with Crippen LogP contribution < -0.4 is 10.0 Å². The van der Waals surface area contributed by atoms with E-state index in [0.29, 0.717) is 3.79 Å². The van der Waals surface area contributed by atoms with Gasteiger partial charge in [0, 0.05) is 6.42 Å². The third kappa shape index (κ3) is 2.97. The fraction of sp³-hybridized carbons (Fsp3) is 0.333. The Morgan fingerprint density at radius 1 is 1.39 bits per heavy atom. The van der Waals surface area contributed by atoms with E-state index in [4.69, 9.17) is 0 Å². The molecule has 9 heteroatoms. The lowest BCUT2D eigenvalue weighted by Gasteiger charge is -2.21. The minimum absolute atomic E-state index is 0.124. The average Bonchev–Trinajstić information content (AvgIpc) is 2.70. The van der Waals surface area contributed by atoms with E-state index in [1.54, 1.807) is 6.07 Å². The van der Waals surface area contributed by atoms with Crippen LogP contribution >= 0.6 is 27.3 Å². The number of piperidine rings is 1. The summed E-state index contributed by atoms with van der Waals surface area (Å²) in [6, 6.07) is 2.17. The molecule has 1 atom stereocenters. The fourth-order valence-corrected chi connectivity index (χ4v) is 4.75. The van der Waals surface area contributed by atoms with Crippen molar-refractivity contribution < 1.29 is 18.0 Å². The molecule has 1 saturated heterocycles. The molecule has 0 aromatic carbocycles. The van der Waals surface area contributed by atoms with Crippen molar-refractivity contribution in [3.8, 4) is 0 Å². The maximum Gasteiger partial charge on any atom is 0.250 e. The topological polar surface area (TPSA) is 92.3 Å². The van der Waals surface area contributed by atoms with Crippen LogP contribution in [0.15, 0.2) is 20.1 Å². The zero-order chi connectivity index (χ0) is 13.3. The van der Waals surface area contributed by atoms with E-state index in [9.17, 15) is 18.0 Å². The number of sulfonamides is 1. The lowest BCUT2D eigenvalue weighted by Crippen LogP contribution is -2.52. The molecule has 1 aromatic heterocycles. The van der Waals surface area contributed by atoms with Gasteiger partial charge in [-0.05, 0) is 34.5 Å². The molecule has 0 spiro atoms. The SMILES string of the molecule is O=C1CCC(NS(=O)(=O)c2ccc(Br)s2)C(=O)N1. The Hall–Kier alpha value is -0.770. The summed E-state index contributed by atoms with van der Waals surface area (Å²) in [5.74, 6) is -0.986. The number of hydrogen-bond acceptors (Lipinski definition) is 5. The number of carbonyl (C=O) groups is 2. The van der Waals surface area contributed by atoms with Crippen molar-refractivity contribution in [2.45, 2.75) is 23.1 Å². The molecular weight excluding hydrogens is 344 g/mol. The Bertz CT molecular complexity index is 595. The largest absolute Gasteiger partial charge is 0.295 e. The molecule has 0 radical (unpaired) electrons. The molecule has 98 valence electrons. The second kappa shape index (κ2) is 5.08. The van der Waals surface area contributed by atoms with E-state index in [2.05, 4.69) is 26.0 Å². The molecule has 1 unspecified atom stereocenters. The lowest BCUT2D eigenvalue weighted by atomic mass is 10.1. The van der Waals surface area contributed by atoms with Gasteiger partial charge in [0.15, 0.2) is 0 Å². The van der Waals surface area contributed by atoms with E-state index in [-0.39, 0.29) is 23.0 Å². The molecule has 0 aliphatic carbocycles. The Labute approximate surface area is 116 Å². The molecule has 2 N–H and O–H groups in total. The Morgan fingerprint density at radius 2 is 2.11 bits per heavy atom. The first-order valence-corrected chi connectivity index (χ1v) is 8.09. The standard InChI is InChI=1S/C9H9BrN2O4S2/c10-6-2-4-8(17-6)18(15,16)12-5-1-3-7(13)11-9(5)14/h2,4-5,12H,1,3H2,(H,11,13,14). The van der Waals surface area contributed by atoms with E-state index < -0.39 is 22.0 Å². The van der Waals surface area contributed by atoms with Gasteiger partial charge in [-0.3, -0.25) is 14.9 Å². The zero-order valence-electron chi connectivity index (χ0n) is 8.97. The van der Waals surface area contributed by atoms with Crippen molar-refractivity contribution in [1.82, 2.24) is 10.0 Å². The van der Waals surface area contributed by atoms with Crippen LogP contribution in [0.5, 0.6) is 0 Å². The minimum Gasteiger partial charge on any atom is -0.295 e. The molecule has 1 aliphatic rings. The van der Waals surface area contributed by atoms with Crippen molar-refractivity contribution in [3.05, 3.63) is 15.9 Å². The Kier molecular flexibility index (Phi) is 3.85. The van der Waals surface area contributed by atoms with Gasteiger partial charge in [0.25, 0.3) is 10.0 Å².